The van der Waals surface area contributed by atoms with Crippen LogP contribution in [0.1, 0.15) is 0 Å². The first-order valence-electron chi connectivity index (χ1n) is 4.97. The fourth-order valence-electron chi connectivity index (χ4n) is 0.442. The number of hydrogen-bond acceptors (Lipinski definition) is 5. The van der Waals surface area contributed by atoms with Gasteiger partial charge < -0.3 is 29.9 Å². The van der Waals surface area contributed by atoms with Crippen LogP contribution >= 0.6 is 31.9 Å². The quantitative estimate of drug-likeness (QED) is 0.355. The van der Waals surface area contributed by atoms with Gasteiger partial charge in [-0.3, -0.25) is 0 Å². The van der Waals surface area contributed by atoms with Crippen LogP contribution in [0.4, 0.5) is 4.79 Å². The first kappa shape index (κ1) is 23.2. The number of ether oxygens (including phenoxy) is 2. The van der Waals surface area contributed by atoms with E-state index in [-0.39, 0.29) is 13.2 Å². The molecule has 0 atom stereocenters. The van der Waals surface area contributed by atoms with Gasteiger partial charge in [0.15, 0.2) is 0 Å². The maximum atomic E-state index is 8.56. The zero-order valence-electron chi connectivity index (χ0n) is 9.93. The van der Waals surface area contributed by atoms with E-state index in [0.29, 0.717) is 26.4 Å². The molecule has 0 spiro atoms. The molecule has 0 rings (SSSR count). The first-order valence-corrected chi connectivity index (χ1v) is 7.22. The summed E-state index contributed by atoms with van der Waals surface area (Å²) in [6.07, 6.45) is -1.83. The van der Waals surface area contributed by atoms with Gasteiger partial charge in [0.1, 0.15) is 0 Å². The molecule has 18 heavy (non-hydrogen) atoms. The SMILES string of the molecule is O=C(O)O.OCCOCCBr.OCCOCCBr. The van der Waals surface area contributed by atoms with Crippen molar-refractivity contribution in [2.75, 3.05) is 50.3 Å². The molecule has 0 fully saturated rings. The molecular formula is C9H20Br2O7. The number of halogens is 2. The predicted octanol–water partition coefficient (Wildman–Crippen LogP) is 1.00. The standard InChI is InChI=1S/2C4H9BrO2.CH2O3/c2*5-1-3-7-4-2-6;2-1(3)4/h2*6H,1-4H2;(H2,2,3,4). The summed E-state index contributed by atoms with van der Waals surface area (Å²) in [6, 6.07) is 0. The highest BCUT2D eigenvalue weighted by atomic mass is 79.9. The van der Waals surface area contributed by atoms with Crippen LogP contribution in [0.25, 0.3) is 0 Å². The number of alkyl halides is 2. The van der Waals surface area contributed by atoms with Gasteiger partial charge in [0.25, 0.3) is 0 Å². The molecule has 0 saturated heterocycles. The lowest BCUT2D eigenvalue weighted by Gasteiger charge is -1.94. The smallest absolute Gasteiger partial charge is 0.450 e. The summed E-state index contributed by atoms with van der Waals surface area (Å²) in [7, 11) is 0. The van der Waals surface area contributed by atoms with E-state index in [4.69, 9.17) is 34.7 Å². The Labute approximate surface area is 123 Å². The van der Waals surface area contributed by atoms with Crippen molar-refractivity contribution >= 4 is 38.0 Å². The monoisotopic (exact) mass is 398 g/mol. The summed E-state index contributed by atoms with van der Waals surface area (Å²) in [5, 5.41) is 31.9. The highest BCUT2D eigenvalue weighted by molar-refractivity contribution is 9.09. The minimum absolute atomic E-state index is 0.118. The molecule has 0 amide bonds. The second kappa shape index (κ2) is 25.8. The van der Waals surface area contributed by atoms with Gasteiger partial charge in [0.2, 0.25) is 0 Å². The lowest BCUT2D eigenvalue weighted by Crippen LogP contribution is -2.00. The van der Waals surface area contributed by atoms with E-state index in [0.717, 1.165) is 10.7 Å². The average molecular weight is 400 g/mol. The largest absolute Gasteiger partial charge is 0.503 e. The van der Waals surface area contributed by atoms with Crippen LogP contribution in [0.2, 0.25) is 0 Å². The van der Waals surface area contributed by atoms with Crippen molar-refractivity contribution in [1.82, 2.24) is 0 Å². The average Bonchev–Trinajstić information content (AvgIpc) is 2.31. The Morgan fingerprint density at radius 3 is 1.28 bits per heavy atom. The molecule has 4 N–H and O–H groups in total. The summed E-state index contributed by atoms with van der Waals surface area (Å²) >= 11 is 6.35. The van der Waals surface area contributed by atoms with Gasteiger partial charge in [-0.1, -0.05) is 31.9 Å². The number of aliphatic hydroxyl groups is 2. The zero-order valence-corrected chi connectivity index (χ0v) is 13.1. The van der Waals surface area contributed by atoms with Crippen LogP contribution in [0.15, 0.2) is 0 Å². The number of carboxylic acid groups (broad SMARTS) is 2. The molecular weight excluding hydrogens is 380 g/mol. The fraction of sp³-hybridized carbons (Fsp3) is 0.889. The second-order valence-corrected chi connectivity index (χ2v) is 3.92. The van der Waals surface area contributed by atoms with Gasteiger partial charge in [-0.2, -0.15) is 0 Å². The van der Waals surface area contributed by atoms with Crippen LogP contribution in [0, 0.1) is 0 Å². The molecule has 0 aromatic carbocycles. The Balaban J connectivity index is -0.000000196. The third kappa shape index (κ3) is 56.0. The molecule has 0 radical (unpaired) electrons. The van der Waals surface area contributed by atoms with E-state index < -0.39 is 6.16 Å². The van der Waals surface area contributed by atoms with E-state index in [1.807, 2.05) is 0 Å². The fourth-order valence-corrected chi connectivity index (χ4v) is 0.900. The number of aliphatic hydroxyl groups excluding tert-OH is 2. The third-order valence-corrected chi connectivity index (χ3v) is 1.56. The van der Waals surface area contributed by atoms with E-state index in [1.165, 1.54) is 0 Å². The molecule has 0 saturated carbocycles. The minimum Gasteiger partial charge on any atom is -0.450 e. The molecule has 112 valence electrons. The second-order valence-electron chi connectivity index (χ2n) is 2.33. The number of carbonyl (C=O) groups is 1. The van der Waals surface area contributed by atoms with Crippen LogP contribution in [-0.4, -0.2) is 76.9 Å². The van der Waals surface area contributed by atoms with Gasteiger partial charge in [0, 0.05) is 10.7 Å². The first-order chi connectivity index (χ1) is 8.56. The normalized spacial score (nSPS) is 8.67. The van der Waals surface area contributed by atoms with Crippen molar-refractivity contribution in [2.24, 2.45) is 0 Å². The molecule has 0 heterocycles. The van der Waals surface area contributed by atoms with E-state index in [1.54, 1.807) is 0 Å². The number of rotatable bonds is 8. The summed E-state index contributed by atoms with van der Waals surface area (Å²) in [5.74, 6) is 0. The summed E-state index contributed by atoms with van der Waals surface area (Å²) < 4.78 is 9.67. The highest BCUT2D eigenvalue weighted by Gasteiger charge is 1.80. The maximum absolute atomic E-state index is 8.56. The molecule has 0 aliphatic carbocycles. The zero-order chi connectivity index (χ0) is 14.6. The van der Waals surface area contributed by atoms with Crippen molar-refractivity contribution < 1.29 is 34.7 Å². The Kier molecular flexibility index (Phi) is 33.2. The van der Waals surface area contributed by atoms with E-state index >= 15 is 0 Å². The maximum Gasteiger partial charge on any atom is 0.503 e. The van der Waals surface area contributed by atoms with Gasteiger partial charge >= 0.3 is 6.16 Å². The lowest BCUT2D eigenvalue weighted by atomic mass is 10.8. The predicted molar refractivity (Wildman–Crippen MR) is 74.1 cm³/mol. The van der Waals surface area contributed by atoms with Crippen LogP contribution in [-0.2, 0) is 9.47 Å². The summed E-state index contributed by atoms with van der Waals surface area (Å²) in [6.45, 7) is 2.50. The molecule has 0 aromatic heterocycles. The van der Waals surface area contributed by atoms with Gasteiger partial charge in [-0.15, -0.1) is 0 Å². The van der Waals surface area contributed by atoms with E-state index in [9.17, 15) is 0 Å². The van der Waals surface area contributed by atoms with Crippen LogP contribution in [0.5, 0.6) is 0 Å². The molecule has 0 bridgehead atoms. The lowest BCUT2D eigenvalue weighted by molar-refractivity contribution is 0.104. The van der Waals surface area contributed by atoms with E-state index in [2.05, 4.69) is 31.9 Å². The molecule has 0 aliphatic rings. The van der Waals surface area contributed by atoms with Crippen molar-refractivity contribution in [1.29, 1.82) is 0 Å². The minimum atomic E-state index is -1.83. The van der Waals surface area contributed by atoms with Gasteiger partial charge in [-0.25, -0.2) is 4.79 Å². The Morgan fingerprint density at radius 1 is 0.833 bits per heavy atom. The molecule has 0 unspecified atom stereocenters. The molecule has 0 aromatic rings. The third-order valence-electron chi connectivity index (χ3n) is 0.914. The van der Waals surface area contributed by atoms with Crippen LogP contribution < -0.4 is 0 Å². The highest BCUT2D eigenvalue weighted by Crippen LogP contribution is 1.80. The van der Waals surface area contributed by atoms with Crippen molar-refractivity contribution in [3.8, 4) is 0 Å². The molecule has 0 aliphatic heterocycles. The Morgan fingerprint density at radius 2 is 1.11 bits per heavy atom. The Bertz CT molecular complexity index is 127. The Hall–Kier alpha value is 0.0700. The summed E-state index contributed by atoms with van der Waals surface area (Å²) in [5.41, 5.74) is 0. The number of hydrogen-bond donors (Lipinski definition) is 4. The topological polar surface area (TPSA) is 116 Å². The van der Waals surface area contributed by atoms with Gasteiger partial charge in [0.05, 0.1) is 39.6 Å². The van der Waals surface area contributed by atoms with Crippen LogP contribution in [0.3, 0.4) is 0 Å². The molecule has 7 nitrogen and oxygen atoms in total. The van der Waals surface area contributed by atoms with Crippen molar-refractivity contribution in [2.45, 2.75) is 0 Å². The van der Waals surface area contributed by atoms with Crippen molar-refractivity contribution in [3.63, 3.8) is 0 Å². The van der Waals surface area contributed by atoms with Gasteiger partial charge in [-0.05, 0) is 0 Å². The molecule has 9 heteroatoms. The van der Waals surface area contributed by atoms with Crippen molar-refractivity contribution in [3.05, 3.63) is 0 Å². The summed E-state index contributed by atoms with van der Waals surface area (Å²) in [4.78, 5) is 8.56.